The van der Waals surface area contributed by atoms with E-state index >= 15 is 0 Å². The van der Waals surface area contributed by atoms with Crippen molar-refractivity contribution in [3.63, 3.8) is 0 Å². The first-order valence-corrected chi connectivity index (χ1v) is 5.44. The van der Waals surface area contributed by atoms with Crippen molar-refractivity contribution in [3.05, 3.63) is 28.8 Å². The van der Waals surface area contributed by atoms with Crippen LogP contribution in [-0.4, -0.2) is 23.3 Å². The molecule has 2 unspecified atom stereocenters. The van der Waals surface area contributed by atoms with Crippen LogP contribution in [0.3, 0.4) is 0 Å². The number of phenolic OH excluding ortho intramolecular Hbond substituents is 1. The summed E-state index contributed by atoms with van der Waals surface area (Å²) in [6, 6.07) is 3.35. The number of benzene rings is 1. The zero-order chi connectivity index (χ0) is 13.2. The van der Waals surface area contributed by atoms with E-state index in [1.54, 1.807) is 32.9 Å². The minimum atomic E-state index is -0.930. The maximum atomic E-state index is 11.3. The maximum Gasteiger partial charge on any atom is 0.311 e. The standard InChI is InChI=1S/C13H18O4/c1-7-5-10(6-8(2)11(7)14)12(15)9(3)13(16)17-4/h5-6,9,12,14-15H,1-4H3. The first kappa shape index (κ1) is 13.5. The van der Waals surface area contributed by atoms with Gasteiger partial charge in [0.2, 0.25) is 0 Å². The number of methoxy groups -OCH3 is 1. The van der Waals surface area contributed by atoms with Crippen LogP contribution in [0.15, 0.2) is 12.1 Å². The molecule has 0 saturated carbocycles. The first-order valence-electron chi connectivity index (χ1n) is 5.44. The molecule has 2 N–H and O–H groups in total. The van der Waals surface area contributed by atoms with Crippen molar-refractivity contribution in [1.29, 1.82) is 0 Å². The molecule has 0 saturated heterocycles. The zero-order valence-corrected chi connectivity index (χ0v) is 10.5. The summed E-state index contributed by atoms with van der Waals surface area (Å²) in [6.07, 6.45) is -0.930. The molecule has 0 spiro atoms. The molecule has 1 aromatic carbocycles. The first-order chi connectivity index (χ1) is 7.88. The number of hydrogen-bond acceptors (Lipinski definition) is 4. The second-order valence-electron chi connectivity index (χ2n) is 4.26. The Hall–Kier alpha value is -1.55. The van der Waals surface area contributed by atoms with Crippen molar-refractivity contribution in [1.82, 2.24) is 0 Å². The van der Waals surface area contributed by atoms with E-state index in [0.717, 1.165) is 0 Å². The molecule has 0 aromatic heterocycles. The molecule has 0 aliphatic rings. The van der Waals surface area contributed by atoms with Crippen LogP contribution in [0.4, 0.5) is 0 Å². The quantitative estimate of drug-likeness (QED) is 0.789. The Kier molecular flexibility index (Phi) is 4.12. The number of phenols is 1. The largest absolute Gasteiger partial charge is 0.507 e. The van der Waals surface area contributed by atoms with Crippen molar-refractivity contribution in [2.24, 2.45) is 5.92 Å². The van der Waals surface area contributed by atoms with Gasteiger partial charge < -0.3 is 14.9 Å². The highest BCUT2D eigenvalue weighted by molar-refractivity contribution is 5.72. The second-order valence-corrected chi connectivity index (χ2v) is 4.26. The minimum Gasteiger partial charge on any atom is -0.507 e. The van der Waals surface area contributed by atoms with Gasteiger partial charge in [-0.3, -0.25) is 4.79 Å². The molecule has 0 aliphatic heterocycles. The van der Waals surface area contributed by atoms with Crippen LogP contribution in [0, 0.1) is 19.8 Å². The summed E-state index contributed by atoms with van der Waals surface area (Å²) in [5, 5.41) is 19.7. The lowest BCUT2D eigenvalue weighted by molar-refractivity contribution is -0.148. The number of carbonyl (C=O) groups is 1. The molecule has 0 aliphatic carbocycles. The summed E-state index contributed by atoms with van der Waals surface area (Å²) >= 11 is 0. The van der Waals surface area contributed by atoms with Crippen LogP contribution in [0.1, 0.15) is 29.7 Å². The smallest absolute Gasteiger partial charge is 0.311 e. The summed E-state index contributed by atoms with van der Waals surface area (Å²) in [5.41, 5.74) is 1.96. The normalized spacial score (nSPS) is 14.2. The molecule has 17 heavy (non-hydrogen) atoms. The van der Waals surface area contributed by atoms with E-state index in [0.29, 0.717) is 16.7 Å². The maximum absolute atomic E-state index is 11.3. The van der Waals surface area contributed by atoms with Gasteiger partial charge in [0.25, 0.3) is 0 Å². The molecule has 2 atom stereocenters. The van der Waals surface area contributed by atoms with Gasteiger partial charge in [0.05, 0.1) is 19.1 Å². The van der Waals surface area contributed by atoms with Gasteiger partial charge in [-0.25, -0.2) is 0 Å². The van der Waals surface area contributed by atoms with Gasteiger partial charge in [-0.05, 0) is 49.6 Å². The number of esters is 1. The van der Waals surface area contributed by atoms with E-state index in [-0.39, 0.29) is 5.75 Å². The fourth-order valence-corrected chi connectivity index (χ4v) is 1.76. The third kappa shape index (κ3) is 2.77. The molecule has 1 aromatic rings. The van der Waals surface area contributed by atoms with Gasteiger partial charge in [0.15, 0.2) is 0 Å². The molecule has 0 bridgehead atoms. The number of aliphatic hydroxyl groups is 1. The molecule has 1 rings (SSSR count). The Balaban J connectivity index is 3.04. The van der Waals surface area contributed by atoms with Crippen molar-refractivity contribution < 1.29 is 19.7 Å². The Morgan fingerprint density at radius 2 is 1.76 bits per heavy atom. The Morgan fingerprint density at radius 3 is 2.18 bits per heavy atom. The lowest BCUT2D eigenvalue weighted by Crippen LogP contribution is -2.20. The van der Waals surface area contributed by atoms with Crippen molar-refractivity contribution in [2.75, 3.05) is 7.11 Å². The SMILES string of the molecule is COC(=O)C(C)C(O)c1cc(C)c(O)c(C)c1. The van der Waals surface area contributed by atoms with E-state index in [1.165, 1.54) is 7.11 Å². The number of aliphatic hydroxyl groups excluding tert-OH is 1. The molecule has 0 heterocycles. The number of rotatable bonds is 3. The molecule has 4 heteroatoms. The summed E-state index contributed by atoms with van der Waals surface area (Å²) < 4.78 is 4.59. The Bertz CT molecular complexity index is 402. The molecule has 4 nitrogen and oxygen atoms in total. The lowest BCUT2D eigenvalue weighted by Gasteiger charge is -2.18. The van der Waals surface area contributed by atoms with Gasteiger partial charge in [-0.15, -0.1) is 0 Å². The van der Waals surface area contributed by atoms with Gasteiger partial charge in [0, 0.05) is 0 Å². The Morgan fingerprint density at radius 1 is 1.29 bits per heavy atom. The predicted molar refractivity (Wildman–Crippen MR) is 63.7 cm³/mol. The zero-order valence-electron chi connectivity index (χ0n) is 10.5. The topological polar surface area (TPSA) is 66.8 Å². The van der Waals surface area contributed by atoms with Crippen LogP contribution in [0.2, 0.25) is 0 Å². The van der Waals surface area contributed by atoms with Gasteiger partial charge in [-0.2, -0.15) is 0 Å². The van der Waals surface area contributed by atoms with E-state index < -0.39 is 18.0 Å². The predicted octanol–water partition coefficient (Wildman–Crippen LogP) is 1.85. The molecule has 0 fully saturated rings. The highest BCUT2D eigenvalue weighted by Crippen LogP contribution is 2.29. The number of hydrogen-bond donors (Lipinski definition) is 2. The van der Waals surface area contributed by atoms with Crippen LogP contribution in [0.5, 0.6) is 5.75 Å². The summed E-state index contributed by atoms with van der Waals surface area (Å²) in [7, 11) is 1.29. The summed E-state index contributed by atoms with van der Waals surface area (Å²) in [5.74, 6) is -0.879. The molecular weight excluding hydrogens is 220 g/mol. The fourth-order valence-electron chi connectivity index (χ4n) is 1.76. The van der Waals surface area contributed by atoms with Gasteiger partial charge >= 0.3 is 5.97 Å². The van der Waals surface area contributed by atoms with E-state index in [9.17, 15) is 15.0 Å². The van der Waals surface area contributed by atoms with Crippen LogP contribution < -0.4 is 0 Å². The minimum absolute atomic E-state index is 0.215. The molecule has 94 valence electrons. The number of carbonyl (C=O) groups excluding carboxylic acids is 1. The van der Waals surface area contributed by atoms with E-state index in [1.807, 2.05) is 0 Å². The van der Waals surface area contributed by atoms with Crippen LogP contribution >= 0.6 is 0 Å². The van der Waals surface area contributed by atoms with Crippen molar-refractivity contribution in [3.8, 4) is 5.75 Å². The average Bonchev–Trinajstić information content (AvgIpc) is 2.32. The summed E-state index contributed by atoms with van der Waals surface area (Å²) in [4.78, 5) is 11.3. The van der Waals surface area contributed by atoms with Crippen LogP contribution in [0.25, 0.3) is 0 Å². The monoisotopic (exact) mass is 238 g/mol. The van der Waals surface area contributed by atoms with Crippen LogP contribution in [-0.2, 0) is 9.53 Å². The molecule has 0 amide bonds. The van der Waals surface area contributed by atoms with E-state index in [4.69, 9.17) is 0 Å². The second kappa shape index (κ2) is 5.19. The highest BCUT2D eigenvalue weighted by atomic mass is 16.5. The van der Waals surface area contributed by atoms with Gasteiger partial charge in [-0.1, -0.05) is 0 Å². The lowest BCUT2D eigenvalue weighted by atomic mass is 9.94. The third-order valence-electron chi connectivity index (χ3n) is 2.90. The molecule has 0 radical (unpaired) electrons. The molecular formula is C13H18O4. The van der Waals surface area contributed by atoms with Crippen molar-refractivity contribution >= 4 is 5.97 Å². The number of aromatic hydroxyl groups is 1. The number of ether oxygens (including phenoxy) is 1. The Labute approximate surface area is 101 Å². The van der Waals surface area contributed by atoms with E-state index in [2.05, 4.69) is 4.74 Å². The van der Waals surface area contributed by atoms with Crippen molar-refractivity contribution in [2.45, 2.75) is 26.9 Å². The highest BCUT2D eigenvalue weighted by Gasteiger charge is 2.24. The average molecular weight is 238 g/mol. The third-order valence-corrected chi connectivity index (χ3v) is 2.90. The summed E-state index contributed by atoms with van der Waals surface area (Å²) in [6.45, 7) is 5.11. The fraction of sp³-hybridized carbons (Fsp3) is 0.462. The number of aryl methyl sites for hydroxylation is 2. The van der Waals surface area contributed by atoms with Gasteiger partial charge in [0.1, 0.15) is 5.75 Å².